The largest absolute Gasteiger partial charge is 0.398 e. The van der Waals surface area contributed by atoms with Gasteiger partial charge in [0.25, 0.3) is 10.0 Å². The average Bonchev–Trinajstić information content (AvgIpc) is 2.33. The first-order valence-corrected chi connectivity index (χ1v) is 8.50. The molecule has 9 heteroatoms. The number of sulfonamides is 1. The summed E-state index contributed by atoms with van der Waals surface area (Å²) < 4.78 is 54.0. The van der Waals surface area contributed by atoms with Crippen LogP contribution in [0.2, 0.25) is 0 Å². The van der Waals surface area contributed by atoms with E-state index in [0.717, 1.165) is 12.1 Å². The van der Waals surface area contributed by atoms with Crippen LogP contribution in [-0.4, -0.2) is 8.42 Å². The zero-order valence-electron chi connectivity index (χ0n) is 10.2. The van der Waals surface area contributed by atoms with Crippen molar-refractivity contribution >= 4 is 53.3 Å². The van der Waals surface area contributed by atoms with E-state index in [1.807, 2.05) is 4.72 Å². The summed E-state index contributed by atoms with van der Waals surface area (Å²) in [6.45, 7) is 0. The first kappa shape index (κ1) is 16.2. The number of nitrogens with two attached hydrogens (primary N) is 1. The van der Waals surface area contributed by atoms with E-state index < -0.39 is 27.3 Å². The van der Waals surface area contributed by atoms with Gasteiger partial charge in [-0.3, -0.25) is 4.72 Å². The first-order valence-electron chi connectivity index (χ1n) is 5.43. The molecule has 0 radical (unpaired) electrons. The Morgan fingerprint density at radius 1 is 1.14 bits per heavy atom. The Hall–Kier alpha value is -1.19. The Balaban J connectivity index is 2.51. The molecule has 0 spiro atoms. The Morgan fingerprint density at radius 3 is 2.43 bits per heavy atom. The van der Waals surface area contributed by atoms with Gasteiger partial charge in [-0.25, -0.2) is 17.2 Å². The van der Waals surface area contributed by atoms with E-state index in [1.165, 1.54) is 18.2 Å². The molecule has 0 aliphatic rings. The van der Waals surface area contributed by atoms with E-state index in [4.69, 9.17) is 5.73 Å². The molecule has 21 heavy (non-hydrogen) atoms. The summed E-state index contributed by atoms with van der Waals surface area (Å²) >= 11 is 6.25. The quantitative estimate of drug-likeness (QED) is 0.710. The zero-order valence-corrected chi connectivity index (χ0v) is 14.2. The summed E-state index contributed by atoms with van der Waals surface area (Å²) in [5.74, 6) is -2.44. The summed E-state index contributed by atoms with van der Waals surface area (Å²) in [5, 5.41) is 0. The van der Waals surface area contributed by atoms with Crippen molar-refractivity contribution in [2.75, 3.05) is 10.5 Å². The average molecular weight is 442 g/mol. The second-order valence-corrected chi connectivity index (χ2v) is 7.40. The molecule has 2 rings (SSSR count). The van der Waals surface area contributed by atoms with Gasteiger partial charge in [0.1, 0.15) is 4.90 Å². The summed E-state index contributed by atoms with van der Waals surface area (Å²) in [5.41, 5.74) is 5.15. The summed E-state index contributed by atoms with van der Waals surface area (Å²) in [6, 6.07) is 6.06. The highest BCUT2D eigenvalue weighted by molar-refractivity contribution is 9.11. The SMILES string of the molecule is Nc1cc(Br)cc(Br)c1S(=O)(=O)Nc1cccc(F)c1F. The fourth-order valence-electron chi connectivity index (χ4n) is 1.64. The van der Waals surface area contributed by atoms with Crippen molar-refractivity contribution in [1.29, 1.82) is 0 Å². The van der Waals surface area contributed by atoms with E-state index in [2.05, 4.69) is 31.9 Å². The molecule has 2 aromatic rings. The monoisotopic (exact) mass is 440 g/mol. The number of nitrogens with one attached hydrogen (secondary N) is 1. The molecular weight excluding hydrogens is 434 g/mol. The highest BCUT2D eigenvalue weighted by Crippen LogP contribution is 2.33. The van der Waals surface area contributed by atoms with Crippen LogP contribution in [-0.2, 0) is 10.0 Å². The van der Waals surface area contributed by atoms with Gasteiger partial charge in [-0.1, -0.05) is 22.0 Å². The van der Waals surface area contributed by atoms with Crippen molar-refractivity contribution in [1.82, 2.24) is 0 Å². The molecule has 0 heterocycles. The number of anilines is 2. The van der Waals surface area contributed by atoms with Crippen molar-refractivity contribution in [3.8, 4) is 0 Å². The topological polar surface area (TPSA) is 72.2 Å². The maximum absolute atomic E-state index is 13.6. The van der Waals surface area contributed by atoms with Crippen LogP contribution in [0.15, 0.2) is 44.2 Å². The van der Waals surface area contributed by atoms with Crippen molar-refractivity contribution in [3.63, 3.8) is 0 Å². The predicted molar refractivity (Wildman–Crippen MR) is 83.4 cm³/mol. The number of rotatable bonds is 3. The van der Waals surface area contributed by atoms with Crippen LogP contribution in [0.1, 0.15) is 0 Å². The third-order valence-corrected chi connectivity index (χ3v) is 5.33. The standard InChI is InChI=1S/C12H8Br2F2N2O2S/c13-6-4-7(14)12(9(17)5-6)21(19,20)18-10-3-1-2-8(15)11(10)16/h1-5,18H,17H2. The Kier molecular flexibility index (Phi) is 4.54. The lowest BCUT2D eigenvalue weighted by molar-refractivity contribution is 0.511. The van der Waals surface area contributed by atoms with E-state index in [0.29, 0.717) is 4.47 Å². The van der Waals surface area contributed by atoms with Gasteiger partial charge in [-0.15, -0.1) is 0 Å². The van der Waals surface area contributed by atoms with Gasteiger partial charge in [0.05, 0.1) is 11.4 Å². The molecule has 2 aromatic carbocycles. The molecule has 112 valence electrons. The molecule has 4 nitrogen and oxygen atoms in total. The van der Waals surface area contributed by atoms with E-state index in [1.54, 1.807) is 0 Å². The number of hydrogen-bond acceptors (Lipinski definition) is 3. The number of hydrogen-bond donors (Lipinski definition) is 2. The lowest BCUT2D eigenvalue weighted by Gasteiger charge is -2.13. The Labute approximate surface area is 136 Å². The Bertz CT molecular complexity index is 790. The lowest BCUT2D eigenvalue weighted by atomic mass is 10.3. The molecular formula is C12H8Br2F2N2O2S. The molecule has 0 aliphatic heterocycles. The van der Waals surface area contributed by atoms with E-state index in [-0.39, 0.29) is 15.1 Å². The second-order valence-electron chi connectivity index (χ2n) is 4.01. The zero-order chi connectivity index (χ0) is 15.8. The number of nitrogen functional groups attached to an aromatic ring is 1. The maximum Gasteiger partial charge on any atom is 0.265 e. The molecule has 0 atom stereocenters. The van der Waals surface area contributed by atoms with Gasteiger partial charge >= 0.3 is 0 Å². The molecule has 0 saturated carbocycles. The number of halogens is 4. The van der Waals surface area contributed by atoms with Gasteiger partial charge in [-0.05, 0) is 40.2 Å². The van der Waals surface area contributed by atoms with Crippen LogP contribution in [0.25, 0.3) is 0 Å². The summed E-state index contributed by atoms with van der Waals surface area (Å²) in [7, 11) is -4.18. The van der Waals surface area contributed by atoms with Crippen LogP contribution in [0.5, 0.6) is 0 Å². The predicted octanol–water partition coefficient (Wildman–Crippen LogP) is 3.87. The van der Waals surface area contributed by atoms with Crippen molar-refractivity contribution < 1.29 is 17.2 Å². The summed E-state index contributed by atoms with van der Waals surface area (Å²) in [6.07, 6.45) is 0. The second kappa shape index (κ2) is 5.90. The molecule has 0 bridgehead atoms. The van der Waals surface area contributed by atoms with Crippen LogP contribution in [0.3, 0.4) is 0 Å². The molecule has 0 saturated heterocycles. The minimum absolute atomic E-state index is 0.0411. The molecule has 3 N–H and O–H groups in total. The fraction of sp³-hybridized carbons (Fsp3) is 0. The fourth-order valence-corrected chi connectivity index (χ4v) is 4.77. The molecule has 0 amide bonds. The van der Waals surface area contributed by atoms with Gasteiger partial charge in [0.15, 0.2) is 11.6 Å². The third-order valence-electron chi connectivity index (χ3n) is 2.50. The molecule has 0 unspecified atom stereocenters. The normalized spacial score (nSPS) is 11.4. The van der Waals surface area contributed by atoms with Crippen LogP contribution < -0.4 is 10.5 Å². The van der Waals surface area contributed by atoms with Gasteiger partial charge in [0.2, 0.25) is 0 Å². The number of benzene rings is 2. The minimum Gasteiger partial charge on any atom is -0.398 e. The minimum atomic E-state index is -4.18. The molecule has 0 aromatic heterocycles. The highest BCUT2D eigenvalue weighted by atomic mass is 79.9. The third kappa shape index (κ3) is 3.35. The van der Waals surface area contributed by atoms with Crippen molar-refractivity contribution in [2.24, 2.45) is 0 Å². The van der Waals surface area contributed by atoms with Crippen LogP contribution in [0.4, 0.5) is 20.2 Å². The van der Waals surface area contributed by atoms with Crippen LogP contribution >= 0.6 is 31.9 Å². The molecule has 0 fully saturated rings. The summed E-state index contributed by atoms with van der Waals surface area (Å²) in [4.78, 5) is -0.255. The lowest BCUT2D eigenvalue weighted by Crippen LogP contribution is -2.16. The van der Waals surface area contributed by atoms with Gasteiger partial charge in [-0.2, -0.15) is 0 Å². The van der Waals surface area contributed by atoms with E-state index >= 15 is 0 Å². The molecule has 0 aliphatic carbocycles. The van der Waals surface area contributed by atoms with E-state index in [9.17, 15) is 17.2 Å². The van der Waals surface area contributed by atoms with Crippen molar-refractivity contribution in [2.45, 2.75) is 4.90 Å². The van der Waals surface area contributed by atoms with Crippen molar-refractivity contribution in [3.05, 3.63) is 50.9 Å². The van der Waals surface area contributed by atoms with Gasteiger partial charge < -0.3 is 5.73 Å². The Morgan fingerprint density at radius 2 is 1.81 bits per heavy atom. The smallest absolute Gasteiger partial charge is 0.265 e. The maximum atomic E-state index is 13.6. The first-order chi connectivity index (χ1) is 9.72. The van der Waals surface area contributed by atoms with Gasteiger partial charge in [0, 0.05) is 8.95 Å². The highest BCUT2D eigenvalue weighted by Gasteiger charge is 2.23. The van der Waals surface area contributed by atoms with Crippen LogP contribution in [0, 0.1) is 11.6 Å².